The number of anilines is 1. The lowest BCUT2D eigenvalue weighted by atomic mass is 10.1. The van der Waals surface area contributed by atoms with E-state index in [0.717, 1.165) is 6.07 Å². The number of ether oxygens (including phenoxy) is 1. The van der Waals surface area contributed by atoms with E-state index in [1.54, 1.807) is 30.3 Å². The molecule has 18 heavy (non-hydrogen) atoms. The molecule has 0 aliphatic carbocycles. The third-order valence-corrected chi connectivity index (χ3v) is 2.34. The van der Waals surface area contributed by atoms with Gasteiger partial charge in [-0.1, -0.05) is 18.2 Å². The largest absolute Gasteiger partial charge is 0.454 e. The van der Waals surface area contributed by atoms with Gasteiger partial charge < -0.3 is 16.2 Å². The number of para-hydroxylation sites is 1. The molecule has 0 fully saturated rings. The minimum Gasteiger partial charge on any atom is -0.454 e. The van der Waals surface area contributed by atoms with E-state index in [0.29, 0.717) is 5.75 Å². The number of hydrogen-bond donors (Lipinski definition) is 2. The van der Waals surface area contributed by atoms with Crippen molar-refractivity contribution in [1.82, 2.24) is 0 Å². The molecule has 4 N–H and O–H groups in total. The Labute approximate surface area is 103 Å². The Morgan fingerprint density at radius 2 is 1.83 bits per heavy atom. The summed E-state index contributed by atoms with van der Waals surface area (Å²) in [5, 5.41) is 0. The third kappa shape index (κ3) is 2.40. The van der Waals surface area contributed by atoms with E-state index in [1.165, 1.54) is 6.07 Å². The maximum Gasteiger partial charge on any atom is 0.250 e. The Morgan fingerprint density at radius 3 is 2.44 bits per heavy atom. The van der Waals surface area contributed by atoms with Gasteiger partial charge in [-0.25, -0.2) is 4.39 Å². The van der Waals surface area contributed by atoms with Gasteiger partial charge in [0.2, 0.25) is 0 Å². The Bertz CT molecular complexity index is 585. The number of primary amides is 1. The highest BCUT2D eigenvalue weighted by Crippen LogP contribution is 2.28. The molecule has 92 valence electrons. The van der Waals surface area contributed by atoms with Gasteiger partial charge in [0, 0.05) is 11.8 Å². The standard InChI is InChI=1S/C13H11FN2O2/c14-10-7-11(15)9(13(16)17)6-12(10)18-8-4-2-1-3-5-8/h1-7H,15H2,(H2,16,17). The second-order valence-electron chi connectivity index (χ2n) is 3.65. The molecule has 0 heterocycles. The van der Waals surface area contributed by atoms with Gasteiger partial charge in [0.1, 0.15) is 5.75 Å². The molecule has 0 saturated carbocycles. The first kappa shape index (κ1) is 11.9. The van der Waals surface area contributed by atoms with Gasteiger partial charge in [-0.15, -0.1) is 0 Å². The number of halogens is 1. The van der Waals surface area contributed by atoms with Crippen LogP contribution in [0.5, 0.6) is 11.5 Å². The van der Waals surface area contributed by atoms with E-state index in [9.17, 15) is 9.18 Å². The number of rotatable bonds is 3. The molecule has 0 aromatic heterocycles. The van der Waals surface area contributed by atoms with Crippen molar-refractivity contribution in [2.24, 2.45) is 5.73 Å². The molecule has 0 atom stereocenters. The van der Waals surface area contributed by atoms with E-state index < -0.39 is 11.7 Å². The smallest absolute Gasteiger partial charge is 0.250 e. The fraction of sp³-hybridized carbons (Fsp3) is 0. The lowest BCUT2D eigenvalue weighted by molar-refractivity contribution is 0.100. The molecular formula is C13H11FN2O2. The Kier molecular flexibility index (Phi) is 3.14. The second-order valence-corrected chi connectivity index (χ2v) is 3.65. The molecular weight excluding hydrogens is 235 g/mol. The number of hydrogen-bond acceptors (Lipinski definition) is 3. The summed E-state index contributed by atoms with van der Waals surface area (Å²) in [6.45, 7) is 0. The van der Waals surface area contributed by atoms with Crippen LogP contribution < -0.4 is 16.2 Å². The maximum atomic E-state index is 13.6. The predicted molar refractivity (Wildman–Crippen MR) is 65.8 cm³/mol. The fourth-order valence-corrected chi connectivity index (χ4v) is 1.48. The van der Waals surface area contributed by atoms with Crippen LogP contribution in [0.15, 0.2) is 42.5 Å². The topological polar surface area (TPSA) is 78.3 Å². The highest BCUT2D eigenvalue weighted by atomic mass is 19.1. The van der Waals surface area contributed by atoms with Crippen molar-refractivity contribution < 1.29 is 13.9 Å². The molecule has 4 nitrogen and oxygen atoms in total. The zero-order valence-electron chi connectivity index (χ0n) is 9.39. The summed E-state index contributed by atoms with van der Waals surface area (Å²) in [5.41, 5.74) is 10.6. The molecule has 1 amide bonds. The summed E-state index contributed by atoms with van der Waals surface area (Å²) in [5.74, 6) is -1.02. The first-order valence-corrected chi connectivity index (χ1v) is 5.19. The number of amides is 1. The summed E-state index contributed by atoms with van der Waals surface area (Å²) < 4.78 is 18.9. The Balaban J connectivity index is 2.39. The average molecular weight is 246 g/mol. The quantitative estimate of drug-likeness (QED) is 0.815. The third-order valence-electron chi connectivity index (χ3n) is 2.34. The number of nitrogen functional groups attached to an aromatic ring is 1. The van der Waals surface area contributed by atoms with Crippen LogP contribution in [0.2, 0.25) is 0 Å². The van der Waals surface area contributed by atoms with Crippen LogP contribution >= 0.6 is 0 Å². The predicted octanol–water partition coefficient (Wildman–Crippen LogP) is 2.30. The number of nitrogens with two attached hydrogens (primary N) is 2. The van der Waals surface area contributed by atoms with Crippen molar-refractivity contribution in [3.05, 3.63) is 53.8 Å². The maximum absolute atomic E-state index is 13.6. The first-order chi connectivity index (χ1) is 8.58. The van der Waals surface area contributed by atoms with E-state index in [4.69, 9.17) is 16.2 Å². The number of benzene rings is 2. The minimum atomic E-state index is -0.731. The molecule has 0 bridgehead atoms. The molecule has 0 saturated heterocycles. The van der Waals surface area contributed by atoms with E-state index in [-0.39, 0.29) is 17.0 Å². The summed E-state index contributed by atoms with van der Waals surface area (Å²) in [6.07, 6.45) is 0. The van der Waals surface area contributed by atoms with E-state index in [2.05, 4.69) is 0 Å². The van der Waals surface area contributed by atoms with Crippen LogP contribution in [0.25, 0.3) is 0 Å². The summed E-state index contributed by atoms with van der Waals surface area (Å²) >= 11 is 0. The first-order valence-electron chi connectivity index (χ1n) is 5.19. The molecule has 2 rings (SSSR count). The van der Waals surface area contributed by atoms with Gasteiger partial charge in [0.15, 0.2) is 11.6 Å². The van der Waals surface area contributed by atoms with Crippen LogP contribution in [0.1, 0.15) is 10.4 Å². The molecule has 0 spiro atoms. The zero-order chi connectivity index (χ0) is 13.1. The van der Waals surface area contributed by atoms with Crippen LogP contribution in [0, 0.1) is 5.82 Å². The van der Waals surface area contributed by atoms with Crippen molar-refractivity contribution in [3.63, 3.8) is 0 Å². The van der Waals surface area contributed by atoms with Gasteiger partial charge in [-0.05, 0) is 18.2 Å². The normalized spacial score (nSPS) is 10.1. The molecule has 2 aromatic carbocycles. The average Bonchev–Trinajstić information content (AvgIpc) is 2.33. The molecule has 2 aromatic rings. The SMILES string of the molecule is NC(=O)c1cc(Oc2ccccc2)c(F)cc1N. The second kappa shape index (κ2) is 4.75. The van der Waals surface area contributed by atoms with Gasteiger partial charge in [-0.3, -0.25) is 4.79 Å². The van der Waals surface area contributed by atoms with Crippen LogP contribution in [0.4, 0.5) is 10.1 Å². The lowest BCUT2D eigenvalue weighted by Crippen LogP contribution is -2.14. The van der Waals surface area contributed by atoms with Crippen molar-refractivity contribution in [1.29, 1.82) is 0 Å². The molecule has 0 aliphatic heterocycles. The summed E-state index contributed by atoms with van der Waals surface area (Å²) in [4.78, 5) is 11.1. The molecule has 5 heteroatoms. The van der Waals surface area contributed by atoms with Crippen molar-refractivity contribution in [3.8, 4) is 11.5 Å². The van der Waals surface area contributed by atoms with Gasteiger partial charge in [0.05, 0.1) is 5.56 Å². The lowest BCUT2D eigenvalue weighted by Gasteiger charge is -2.09. The van der Waals surface area contributed by atoms with E-state index >= 15 is 0 Å². The monoisotopic (exact) mass is 246 g/mol. The minimum absolute atomic E-state index is 0.0135. The highest BCUT2D eigenvalue weighted by Gasteiger charge is 2.13. The summed E-state index contributed by atoms with van der Waals surface area (Å²) in [6, 6.07) is 10.8. The number of carbonyl (C=O) groups excluding carboxylic acids is 1. The Hall–Kier alpha value is -2.56. The summed E-state index contributed by atoms with van der Waals surface area (Å²) in [7, 11) is 0. The zero-order valence-corrected chi connectivity index (χ0v) is 9.39. The van der Waals surface area contributed by atoms with Gasteiger partial charge >= 0.3 is 0 Å². The van der Waals surface area contributed by atoms with Crippen molar-refractivity contribution in [2.75, 3.05) is 5.73 Å². The fourth-order valence-electron chi connectivity index (χ4n) is 1.48. The van der Waals surface area contributed by atoms with E-state index in [1.807, 2.05) is 0 Å². The van der Waals surface area contributed by atoms with Crippen LogP contribution in [-0.4, -0.2) is 5.91 Å². The van der Waals surface area contributed by atoms with Crippen molar-refractivity contribution in [2.45, 2.75) is 0 Å². The number of carbonyl (C=O) groups is 1. The van der Waals surface area contributed by atoms with Gasteiger partial charge in [0.25, 0.3) is 5.91 Å². The van der Waals surface area contributed by atoms with Crippen LogP contribution in [0.3, 0.4) is 0 Å². The molecule has 0 aliphatic rings. The van der Waals surface area contributed by atoms with Crippen LogP contribution in [-0.2, 0) is 0 Å². The van der Waals surface area contributed by atoms with Gasteiger partial charge in [-0.2, -0.15) is 0 Å². The highest BCUT2D eigenvalue weighted by molar-refractivity contribution is 5.98. The Morgan fingerprint density at radius 1 is 1.17 bits per heavy atom. The molecule has 0 radical (unpaired) electrons. The van der Waals surface area contributed by atoms with Crippen molar-refractivity contribution >= 4 is 11.6 Å². The molecule has 0 unspecified atom stereocenters.